The summed E-state index contributed by atoms with van der Waals surface area (Å²) in [5.41, 5.74) is 5.23. The van der Waals surface area contributed by atoms with Gasteiger partial charge in [0.15, 0.2) is 0 Å². The van der Waals surface area contributed by atoms with Crippen molar-refractivity contribution in [2.75, 3.05) is 0 Å². The molecule has 0 aliphatic heterocycles. The van der Waals surface area contributed by atoms with Crippen molar-refractivity contribution in [3.05, 3.63) is 77.3 Å². The molecule has 170 valence electrons. The van der Waals surface area contributed by atoms with Crippen LogP contribution in [0.5, 0.6) is 0 Å². The van der Waals surface area contributed by atoms with Gasteiger partial charge in [0.25, 0.3) is 0 Å². The lowest BCUT2D eigenvalue weighted by molar-refractivity contribution is 0.596. The second-order valence-corrected chi connectivity index (χ2v) is 12.7. The van der Waals surface area contributed by atoms with E-state index in [1.807, 2.05) is 28.9 Å². The van der Waals surface area contributed by atoms with Gasteiger partial charge in [-0.1, -0.05) is 65.0 Å². The Hall–Kier alpha value is -2.75. The number of fused-ring (bicyclic) bond motifs is 6. The van der Waals surface area contributed by atoms with Gasteiger partial charge >= 0.3 is 0 Å². The predicted molar refractivity (Wildman–Crippen MR) is 153 cm³/mol. The second kappa shape index (κ2) is 7.90. The summed E-state index contributed by atoms with van der Waals surface area (Å²) in [4.78, 5) is 4.95. The number of pyridine rings is 1. The molecule has 6 rings (SSSR count). The molecule has 0 radical (unpaired) electrons. The van der Waals surface area contributed by atoms with E-state index < -0.39 is 0 Å². The molecular formula is C31H29NS2. The lowest BCUT2D eigenvalue weighted by atomic mass is 9.82. The standard InChI is InChI=1S/C31H29NS2/c1-18(2)14-21-17-33-26-11-10-23-24-12-13-32-28(30(24)34-29(23)27(21)26)20-15-19-8-6-7-9-22(19)25(16-20)31(3,4)5/h6-13,15-18H,14H2,1-5H3. The first kappa shape index (κ1) is 21.8. The Labute approximate surface area is 209 Å². The van der Waals surface area contributed by atoms with E-state index in [-0.39, 0.29) is 5.41 Å². The van der Waals surface area contributed by atoms with Crippen molar-refractivity contribution in [3.63, 3.8) is 0 Å². The van der Waals surface area contributed by atoms with Gasteiger partial charge in [-0.05, 0) is 69.3 Å². The largest absolute Gasteiger partial charge is 0.255 e. The van der Waals surface area contributed by atoms with Gasteiger partial charge in [0, 0.05) is 37.3 Å². The molecule has 0 saturated carbocycles. The van der Waals surface area contributed by atoms with E-state index in [0.717, 1.165) is 12.1 Å². The molecule has 0 bridgehead atoms. The zero-order valence-electron chi connectivity index (χ0n) is 20.4. The van der Waals surface area contributed by atoms with E-state index in [4.69, 9.17) is 4.98 Å². The van der Waals surface area contributed by atoms with Crippen molar-refractivity contribution < 1.29 is 0 Å². The summed E-state index contributed by atoms with van der Waals surface area (Å²) in [5, 5.41) is 9.12. The Kier molecular flexibility index (Phi) is 5.05. The molecule has 3 aromatic carbocycles. The topological polar surface area (TPSA) is 12.9 Å². The molecular weight excluding hydrogens is 450 g/mol. The zero-order chi connectivity index (χ0) is 23.6. The van der Waals surface area contributed by atoms with E-state index >= 15 is 0 Å². The third kappa shape index (κ3) is 3.45. The minimum Gasteiger partial charge on any atom is -0.255 e. The van der Waals surface area contributed by atoms with Crippen LogP contribution in [-0.2, 0) is 11.8 Å². The molecule has 0 N–H and O–H groups in total. The van der Waals surface area contributed by atoms with Crippen LogP contribution in [0.3, 0.4) is 0 Å². The Morgan fingerprint density at radius 2 is 1.68 bits per heavy atom. The van der Waals surface area contributed by atoms with E-state index in [2.05, 4.69) is 94.6 Å². The number of hydrogen-bond donors (Lipinski definition) is 0. The van der Waals surface area contributed by atoms with Crippen molar-refractivity contribution in [2.45, 2.75) is 46.5 Å². The molecule has 0 unspecified atom stereocenters. The van der Waals surface area contributed by atoms with Crippen LogP contribution in [0.2, 0.25) is 0 Å². The van der Waals surface area contributed by atoms with Gasteiger partial charge < -0.3 is 0 Å². The molecule has 34 heavy (non-hydrogen) atoms. The van der Waals surface area contributed by atoms with Crippen molar-refractivity contribution in [3.8, 4) is 11.3 Å². The zero-order valence-corrected chi connectivity index (χ0v) is 22.0. The highest BCUT2D eigenvalue weighted by Crippen LogP contribution is 2.45. The van der Waals surface area contributed by atoms with Gasteiger partial charge in [-0.3, -0.25) is 4.98 Å². The molecule has 6 aromatic rings. The van der Waals surface area contributed by atoms with Gasteiger partial charge in [0.1, 0.15) is 0 Å². The van der Waals surface area contributed by atoms with Gasteiger partial charge in [-0.25, -0.2) is 0 Å². The quantitative estimate of drug-likeness (QED) is 0.246. The number of benzene rings is 3. The lowest BCUT2D eigenvalue weighted by Gasteiger charge is -2.22. The molecule has 0 saturated heterocycles. The van der Waals surface area contributed by atoms with Crippen LogP contribution in [0.15, 0.2) is 66.2 Å². The fourth-order valence-electron chi connectivity index (χ4n) is 5.21. The van der Waals surface area contributed by atoms with E-state index in [1.165, 1.54) is 57.7 Å². The molecule has 0 atom stereocenters. The molecule has 0 aliphatic carbocycles. The SMILES string of the molecule is CC(C)Cc1csc2ccc3c4ccnc(-c5cc(C(C)(C)C)c6ccccc6c5)c4sc3c12. The maximum absolute atomic E-state index is 4.95. The van der Waals surface area contributed by atoms with Crippen molar-refractivity contribution in [1.82, 2.24) is 4.98 Å². The summed E-state index contributed by atoms with van der Waals surface area (Å²) in [5.74, 6) is 0.646. The van der Waals surface area contributed by atoms with E-state index in [0.29, 0.717) is 5.92 Å². The van der Waals surface area contributed by atoms with Gasteiger partial charge in [0.05, 0.1) is 10.4 Å². The fourth-order valence-corrected chi connectivity index (χ4v) is 7.64. The average molecular weight is 480 g/mol. The first-order chi connectivity index (χ1) is 16.3. The van der Waals surface area contributed by atoms with Gasteiger partial charge in [-0.2, -0.15) is 0 Å². The lowest BCUT2D eigenvalue weighted by Crippen LogP contribution is -2.12. The van der Waals surface area contributed by atoms with Crippen LogP contribution in [0.1, 0.15) is 45.7 Å². The third-order valence-electron chi connectivity index (χ3n) is 6.74. The average Bonchev–Trinajstić information content (AvgIpc) is 3.38. The summed E-state index contributed by atoms with van der Waals surface area (Å²) >= 11 is 3.80. The van der Waals surface area contributed by atoms with Crippen molar-refractivity contribution >= 4 is 63.7 Å². The molecule has 0 amide bonds. The van der Waals surface area contributed by atoms with Gasteiger partial charge in [0.2, 0.25) is 0 Å². The number of nitrogens with zero attached hydrogens (tertiary/aromatic N) is 1. The van der Waals surface area contributed by atoms with Crippen LogP contribution in [0, 0.1) is 5.92 Å². The Morgan fingerprint density at radius 3 is 2.47 bits per heavy atom. The maximum atomic E-state index is 4.95. The molecule has 3 heterocycles. The van der Waals surface area contributed by atoms with Crippen LogP contribution in [-0.4, -0.2) is 4.98 Å². The van der Waals surface area contributed by atoms with Crippen LogP contribution >= 0.6 is 22.7 Å². The highest BCUT2D eigenvalue weighted by molar-refractivity contribution is 7.28. The Morgan fingerprint density at radius 1 is 0.882 bits per heavy atom. The number of rotatable bonds is 3. The number of aromatic nitrogens is 1. The molecule has 3 aromatic heterocycles. The summed E-state index contributed by atoms with van der Waals surface area (Å²) in [6.07, 6.45) is 3.11. The summed E-state index contributed by atoms with van der Waals surface area (Å²) in [7, 11) is 0. The van der Waals surface area contributed by atoms with Crippen molar-refractivity contribution in [2.24, 2.45) is 5.92 Å². The third-order valence-corrected chi connectivity index (χ3v) is 8.98. The normalized spacial score (nSPS) is 12.6. The van der Waals surface area contributed by atoms with E-state index in [9.17, 15) is 0 Å². The minimum atomic E-state index is 0.0538. The second-order valence-electron chi connectivity index (χ2n) is 10.8. The fraction of sp³-hybridized carbons (Fsp3) is 0.258. The first-order valence-corrected chi connectivity index (χ1v) is 13.7. The molecule has 0 fully saturated rings. The summed E-state index contributed by atoms with van der Waals surface area (Å²) in [6, 6.07) is 20.3. The number of thiophene rings is 2. The molecule has 0 spiro atoms. The maximum Gasteiger partial charge on any atom is 0.0880 e. The minimum absolute atomic E-state index is 0.0538. The van der Waals surface area contributed by atoms with Crippen LogP contribution in [0.4, 0.5) is 0 Å². The van der Waals surface area contributed by atoms with Gasteiger partial charge in [-0.15, -0.1) is 22.7 Å². The Bertz CT molecular complexity index is 1690. The van der Waals surface area contributed by atoms with Crippen molar-refractivity contribution in [1.29, 1.82) is 0 Å². The van der Waals surface area contributed by atoms with E-state index in [1.54, 1.807) is 0 Å². The highest BCUT2D eigenvalue weighted by Gasteiger charge is 2.21. The van der Waals surface area contributed by atoms with Crippen LogP contribution in [0.25, 0.3) is 52.3 Å². The summed E-state index contributed by atoms with van der Waals surface area (Å²) in [6.45, 7) is 11.5. The summed E-state index contributed by atoms with van der Waals surface area (Å²) < 4.78 is 4.10. The van der Waals surface area contributed by atoms with Crippen LogP contribution < -0.4 is 0 Å². The first-order valence-electron chi connectivity index (χ1n) is 12.0. The molecule has 3 heteroatoms. The predicted octanol–water partition coefficient (Wildman–Crippen LogP) is 9.98. The highest BCUT2D eigenvalue weighted by atomic mass is 32.1. The smallest absolute Gasteiger partial charge is 0.0880 e. The Balaban J connectivity index is 1.66. The number of hydrogen-bond acceptors (Lipinski definition) is 3. The monoisotopic (exact) mass is 479 g/mol. The molecule has 1 nitrogen and oxygen atoms in total. The molecule has 0 aliphatic rings.